The van der Waals surface area contributed by atoms with Crippen molar-refractivity contribution < 1.29 is 4.74 Å². The molecule has 1 aliphatic carbocycles. The Morgan fingerprint density at radius 3 is 1.85 bits per heavy atom. The molecule has 7 aromatic carbocycles. The molecule has 1 aromatic heterocycles. The van der Waals surface area contributed by atoms with Crippen LogP contribution in [-0.2, 0) is 5.41 Å². The van der Waals surface area contributed by atoms with Crippen LogP contribution >= 0.6 is 0 Å². The van der Waals surface area contributed by atoms with Crippen LogP contribution in [0.2, 0.25) is 0 Å². The number of pyridine rings is 1. The van der Waals surface area contributed by atoms with Crippen LogP contribution in [0.5, 0.6) is 11.5 Å². The first-order valence-corrected chi connectivity index (χ1v) is 20.4. The minimum atomic E-state index is -0.723. The summed E-state index contributed by atoms with van der Waals surface area (Å²) < 4.78 is 6.51. The number of rotatable bonds is 7. The third kappa shape index (κ3) is 6.19. The van der Waals surface area contributed by atoms with Crippen molar-refractivity contribution in [3.05, 3.63) is 239 Å². The molecule has 5 nitrogen and oxygen atoms in total. The van der Waals surface area contributed by atoms with E-state index in [0.717, 1.165) is 102 Å². The van der Waals surface area contributed by atoms with E-state index in [0.29, 0.717) is 5.49 Å². The first kappa shape index (κ1) is 36.6. The molecule has 0 saturated carbocycles. The van der Waals surface area contributed by atoms with Crippen molar-refractivity contribution in [1.82, 2.24) is 4.98 Å². The van der Waals surface area contributed by atoms with Crippen molar-refractivity contribution in [1.29, 1.82) is 5.41 Å². The Bertz CT molecular complexity index is 3040. The topological polar surface area (TPSA) is 87.2 Å². The minimum Gasteiger partial charge on any atom is -0.457 e. The number of hydrogen-bond acceptors (Lipinski definition) is 3. The van der Waals surface area contributed by atoms with Crippen LogP contribution in [0.15, 0.2) is 211 Å². The summed E-state index contributed by atoms with van der Waals surface area (Å²) in [7, 11) is 0. The molecule has 288 valence electrons. The van der Waals surface area contributed by atoms with Crippen LogP contribution in [-0.4, -0.2) is 10.8 Å². The van der Waals surface area contributed by atoms with Crippen molar-refractivity contribution in [3.8, 4) is 56.0 Å². The predicted octanol–water partition coefficient (Wildman–Crippen LogP) is 12.7. The van der Waals surface area contributed by atoms with Gasteiger partial charge in [-0.25, -0.2) is 4.99 Å². The van der Waals surface area contributed by atoms with Gasteiger partial charge in [0.15, 0.2) is 5.84 Å². The smallest absolute Gasteiger partial charge is 0.154 e. The van der Waals surface area contributed by atoms with Gasteiger partial charge in [-0.15, -0.1) is 0 Å². The van der Waals surface area contributed by atoms with Crippen LogP contribution in [0, 0.1) is 5.41 Å². The zero-order valence-corrected chi connectivity index (χ0v) is 33.2. The lowest BCUT2D eigenvalue weighted by Crippen LogP contribution is -2.36. The van der Waals surface area contributed by atoms with E-state index >= 15 is 0 Å². The highest BCUT2D eigenvalue weighted by Crippen LogP contribution is 2.60. The van der Waals surface area contributed by atoms with Gasteiger partial charge in [-0.2, -0.15) is 0 Å². The molecular formula is C55H42N4O. The van der Waals surface area contributed by atoms with Crippen LogP contribution in [0.25, 0.3) is 50.1 Å². The Balaban J connectivity index is 1.04. The molecule has 0 amide bonds. The number of aromatic amines is 1. The summed E-state index contributed by atoms with van der Waals surface area (Å²) in [4.78, 5) is 8.29. The molecule has 8 aromatic rings. The van der Waals surface area contributed by atoms with Gasteiger partial charge >= 0.3 is 0 Å². The number of H-pyrrole nitrogens is 1. The summed E-state index contributed by atoms with van der Waals surface area (Å²) in [6.07, 6.45) is 7.23. The third-order valence-electron chi connectivity index (χ3n) is 11.7. The summed E-state index contributed by atoms with van der Waals surface area (Å²) in [5.41, 5.74) is 22.6. The van der Waals surface area contributed by atoms with Crippen LogP contribution < -0.4 is 16.0 Å². The lowest BCUT2D eigenvalue weighted by Gasteiger charge is -2.39. The van der Waals surface area contributed by atoms with Gasteiger partial charge in [-0.05, 0) is 92.9 Å². The van der Waals surface area contributed by atoms with Gasteiger partial charge in [-0.3, -0.25) is 5.41 Å². The molecule has 2 heterocycles. The number of ether oxygens (including phenoxy) is 1. The van der Waals surface area contributed by atoms with E-state index in [1.165, 1.54) is 0 Å². The molecule has 60 heavy (non-hydrogen) atoms. The summed E-state index contributed by atoms with van der Waals surface area (Å²) in [6, 6.07) is 62.7. The monoisotopic (exact) mass is 774 g/mol. The highest BCUT2D eigenvalue weighted by molar-refractivity contribution is 5.98. The highest BCUT2D eigenvalue weighted by Gasteiger charge is 2.51. The van der Waals surface area contributed by atoms with E-state index in [1.807, 2.05) is 79.0 Å². The van der Waals surface area contributed by atoms with Crippen LogP contribution in [0.1, 0.15) is 41.2 Å². The standard InChI is InChI=1S/C55H42N4O/c1-2-3-24-45-44-30-29-41(34-49(44)55(52(45)56)47-25-10-12-27-50(47)60-51-28-13-11-26-48(51)55)39-21-14-20-38(31-39)40-22-15-23-42(32-40)53(57)59-54-46(37-18-8-5-9-19-37)33-43(35-58-54)36-16-6-4-7-17-36/h3-35H,2,56H2,1H3,(H2,57,58,59)/b24-3-. The van der Waals surface area contributed by atoms with E-state index in [1.54, 1.807) is 0 Å². The lowest BCUT2D eigenvalue weighted by atomic mass is 9.67. The van der Waals surface area contributed by atoms with Crippen molar-refractivity contribution >= 4 is 11.4 Å². The number of nitrogens with one attached hydrogen (secondary N) is 2. The molecule has 0 fully saturated rings. The van der Waals surface area contributed by atoms with Crippen molar-refractivity contribution in [2.75, 3.05) is 0 Å². The van der Waals surface area contributed by atoms with Crippen LogP contribution in [0.4, 0.5) is 0 Å². The average molecular weight is 775 g/mol. The highest BCUT2D eigenvalue weighted by atomic mass is 16.5. The molecule has 1 aliphatic heterocycles. The van der Waals surface area contributed by atoms with E-state index < -0.39 is 5.41 Å². The van der Waals surface area contributed by atoms with Crippen molar-refractivity contribution in [3.63, 3.8) is 0 Å². The van der Waals surface area contributed by atoms with E-state index in [9.17, 15) is 5.41 Å². The Labute approximate surface area is 350 Å². The molecule has 2 aliphatic rings. The molecule has 10 rings (SSSR count). The molecule has 0 unspecified atom stereocenters. The number of para-hydroxylation sites is 2. The number of fused-ring (bicyclic) bond motifs is 6. The van der Waals surface area contributed by atoms with Gasteiger partial charge in [-0.1, -0.05) is 165 Å². The van der Waals surface area contributed by atoms with Gasteiger partial charge in [0.25, 0.3) is 0 Å². The average Bonchev–Trinajstić information content (AvgIpc) is 3.55. The fourth-order valence-electron chi connectivity index (χ4n) is 8.87. The summed E-state index contributed by atoms with van der Waals surface area (Å²) >= 11 is 0. The number of amidine groups is 1. The summed E-state index contributed by atoms with van der Waals surface area (Å²) in [5.74, 6) is 1.80. The number of allylic oxidation sites excluding steroid dienone is 4. The van der Waals surface area contributed by atoms with Gasteiger partial charge < -0.3 is 15.5 Å². The summed E-state index contributed by atoms with van der Waals surface area (Å²) in [6.45, 7) is 2.15. The predicted molar refractivity (Wildman–Crippen MR) is 245 cm³/mol. The maximum Gasteiger partial charge on any atom is 0.154 e. The number of hydrogen-bond donors (Lipinski definition) is 3. The molecule has 0 bridgehead atoms. The van der Waals surface area contributed by atoms with Gasteiger partial charge in [0.2, 0.25) is 0 Å². The van der Waals surface area contributed by atoms with Gasteiger partial charge in [0.05, 0.1) is 5.41 Å². The second kappa shape index (κ2) is 15.2. The van der Waals surface area contributed by atoms with Crippen molar-refractivity contribution in [2.45, 2.75) is 18.8 Å². The maximum atomic E-state index is 9.21. The van der Waals surface area contributed by atoms with E-state index in [2.05, 4.69) is 133 Å². The number of benzene rings is 7. The molecule has 0 radical (unpaired) electrons. The van der Waals surface area contributed by atoms with Crippen molar-refractivity contribution in [2.24, 2.45) is 10.7 Å². The maximum absolute atomic E-state index is 9.21. The largest absolute Gasteiger partial charge is 0.457 e. The normalized spacial score (nSPS) is 13.8. The lowest BCUT2D eigenvalue weighted by molar-refractivity contribution is 0.433. The van der Waals surface area contributed by atoms with Gasteiger partial charge in [0, 0.05) is 39.7 Å². The molecule has 5 heteroatoms. The fraction of sp³-hybridized carbons (Fsp3) is 0.0545. The number of aromatic nitrogens is 1. The zero-order valence-electron chi connectivity index (χ0n) is 33.2. The molecule has 4 N–H and O–H groups in total. The second-order valence-corrected chi connectivity index (χ2v) is 15.2. The van der Waals surface area contributed by atoms with Gasteiger partial charge in [0.1, 0.15) is 17.0 Å². The Morgan fingerprint density at radius 1 is 0.583 bits per heavy atom. The number of nitrogens with two attached hydrogens (primary N) is 1. The number of nitrogens with zero attached hydrogens (tertiary/aromatic N) is 1. The Hall–Kier alpha value is -7.76. The first-order chi connectivity index (χ1) is 29.5. The molecular weight excluding hydrogens is 733 g/mol. The minimum absolute atomic E-state index is 0.174. The fourth-order valence-corrected chi connectivity index (χ4v) is 8.87. The third-order valence-corrected chi connectivity index (χ3v) is 11.7. The second-order valence-electron chi connectivity index (χ2n) is 15.2. The SMILES string of the molecule is CC/C=C\C1=C(N)C2(c3ccccc3Oc3ccccc32)c2cc(-c3cccc(-c4cccc(C(=N)N=c5[nH]cc(-c6ccccc6)cc5-c5ccccc5)c4)c3)ccc21. The zero-order chi connectivity index (χ0) is 40.6. The molecule has 0 atom stereocenters. The summed E-state index contributed by atoms with van der Waals surface area (Å²) in [5, 5.41) is 9.21. The quantitative estimate of drug-likeness (QED) is 0.111. The van der Waals surface area contributed by atoms with E-state index in [4.69, 9.17) is 15.5 Å². The Kier molecular flexibility index (Phi) is 9.27. The Morgan fingerprint density at radius 2 is 1.17 bits per heavy atom. The van der Waals surface area contributed by atoms with Crippen LogP contribution in [0.3, 0.4) is 0 Å². The van der Waals surface area contributed by atoms with E-state index in [-0.39, 0.29) is 5.84 Å². The first-order valence-electron chi connectivity index (χ1n) is 20.4. The molecule has 1 spiro atoms. The molecule has 0 saturated heterocycles.